The Morgan fingerprint density at radius 1 is 1.17 bits per heavy atom. The maximum absolute atomic E-state index is 5.80. The summed E-state index contributed by atoms with van der Waals surface area (Å²) in [5.74, 6) is 2.73. The van der Waals surface area contributed by atoms with Crippen LogP contribution >= 0.6 is 0 Å². The number of aryl methyl sites for hydroxylation is 1. The Morgan fingerprint density at radius 2 is 2.00 bits per heavy atom. The van der Waals surface area contributed by atoms with E-state index >= 15 is 0 Å². The van der Waals surface area contributed by atoms with Crippen molar-refractivity contribution in [1.82, 2.24) is 25.4 Å². The second-order valence-electron chi connectivity index (χ2n) is 7.24. The number of hydrogen-bond donors (Lipinski definition) is 2. The average molecular weight is 405 g/mol. The molecule has 0 bridgehead atoms. The first-order valence-corrected chi connectivity index (χ1v) is 10.5. The van der Waals surface area contributed by atoms with Gasteiger partial charge in [0, 0.05) is 31.5 Å². The molecule has 7 heteroatoms. The third-order valence-corrected chi connectivity index (χ3v) is 5.19. The Hall–Kier alpha value is -3.35. The molecule has 1 aliphatic rings. The zero-order chi connectivity index (χ0) is 20.6. The molecule has 1 aliphatic heterocycles. The van der Waals surface area contributed by atoms with Crippen LogP contribution in [0.2, 0.25) is 0 Å². The van der Waals surface area contributed by atoms with Gasteiger partial charge in [0.15, 0.2) is 5.96 Å². The van der Waals surface area contributed by atoms with E-state index in [1.807, 2.05) is 30.3 Å². The summed E-state index contributed by atoms with van der Waals surface area (Å²) >= 11 is 0. The summed E-state index contributed by atoms with van der Waals surface area (Å²) in [6, 6.07) is 18.7. The van der Waals surface area contributed by atoms with Gasteiger partial charge in [-0.1, -0.05) is 55.5 Å². The zero-order valence-corrected chi connectivity index (χ0v) is 17.3. The van der Waals surface area contributed by atoms with Gasteiger partial charge in [0.05, 0.1) is 19.2 Å². The molecule has 3 aromatic rings. The first-order chi connectivity index (χ1) is 14.8. The molecule has 0 amide bonds. The molecule has 0 spiro atoms. The van der Waals surface area contributed by atoms with Gasteiger partial charge in [-0.15, -0.1) is 10.2 Å². The van der Waals surface area contributed by atoms with Crippen LogP contribution in [0.5, 0.6) is 5.75 Å². The zero-order valence-electron chi connectivity index (χ0n) is 17.3. The number of fused-ring (bicyclic) bond motifs is 1. The predicted octanol–water partition coefficient (Wildman–Crippen LogP) is 3.10. The third kappa shape index (κ3) is 4.97. The highest BCUT2D eigenvalue weighted by Gasteiger charge is 2.21. The minimum absolute atomic E-state index is 0.165. The lowest BCUT2D eigenvalue weighted by atomic mass is 10.0. The number of ether oxygens (including phenoxy) is 1. The van der Waals surface area contributed by atoms with E-state index in [-0.39, 0.29) is 6.04 Å². The summed E-state index contributed by atoms with van der Waals surface area (Å²) in [6.07, 6.45) is 3.55. The molecule has 0 fully saturated rings. The van der Waals surface area contributed by atoms with E-state index in [0.717, 1.165) is 43.5 Å². The lowest BCUT2D eigenvalue weighted by Crippen LogP contribution is -2.42. The average Bonchev–Trinajstić information content (AvgIpc) is 3.26. The van der Waals surface area contributed by atoms with Gasteiger partial charge in [-0.2, -0.15) is 0 Å². The first-order valence-electron chi connectivity index (χ1n) is 10.5. The summed E-state index contributed by atoms with van der Waals surface area (Å²) < 4.78 is 7.88. The van der Waals surface area contributed by atoms with Gasteiger partial charge in [0.25, 0.3) is 0 Å². The highest BCUT2D eigenvalue weighted by atomic mass is 16.5. The van der Waals surface area contributed by atoms with Crippen LogP contribution in [-0.4, -0.2) is 33.9 Å². The van der Waals surface area contributed by atoms with Crippen molar-refractivity contribution in [2.45, 2.75) is 38.9 Å². The van der Waals surface area contributed by atoms with Gasteiger partial charge in [0.2, 0.25) is 0 Å². The van der Waals surface area contributed by atoms with E-state index in [9.17, 15) is 0 Å². The highest BCUT2D eigenvalue weighted by molar-refractivity contribution is 5.80. The van der Waals surface area contributed by atoms with Crippen LogP contribution in [0.15, 0.2) is 65.9 Å². The Kier molecular flexibility index (Phi) is 6.59. The number of guanidine groups is 1. The molecule has 2 N–H and O–H groups in total. The summed E-state index contributed by atoms with van der Waals surface area (Å²) in [4.78, 5) is 4.84. The number of aromatic nitrogens is 3. The smallest absolute Gasteiger partial charge is 0.192 e. The molecule has 0 radical (unpaired) electrons. The van der Waals surface area contributed by atoms with Crippen LogP contribution in [0.3, 0.4) is 0 Å². The number of nitrogens with zero attached hydrogens (tertiary/aromatic N) is 4. The monoisotopic (exact) mass is 404 g/mol. The van der Waals surface area contributed by atoms with Crippen molar-refractivity contribution in [3.63, 3.8) is 0 Å². The maximum atomic E-state index is 5.80. The molecule has 156 valence electrons. The number of benzene rings is 2. The fourth-order valence-corrected chi connectivity index (χ4v) is 3.60. The molecule has 1 aromatic heterocycles. The Bertz CT molecular complexity index is 969. The Balaban J connectivity index is 1.46. The van der Waals surface area contributed by atoms with E-state index in [2.05, 4.69) is 56.6 Å². The molecule has 0 saturated carbocycles. The highest BCUT2D eigenvalue weighted by Crippen LogP contribution is 2.31. The fraction of sp³-hybridized carbons (Fsp3) is 0.348. The van der Waals surface area contributed by atoms with E-state index in [0.29, 0.717) is 13.2 Å². The van der Waals surface area contributed by atoms with Crippen molar-refractivity contribution in [2.24, 2.45) is 4.99 Å². The van der Waals surface area contributed by atoms with Gasteiger partial charge >= 0.3 is 0 Å². The molecule has 2 heterocycles. The van der Waals surface area contributed by atoms with Gasteiger partial charge in [-0.05, 0) is 11.6 Å². The Morgan fingerprint density at radius 3 is 2.87 bits per heavy atom. The predicted molar refractivity (Wildman–Crippen MR) is 117 cm³/mol. The van der Waals surface area contributed by atoms with Gasteiger partial charge in [-0.25, -0.2) is 4.99 Å². The van der Waals surface area contributed by atoms with E-state index in [4.69, 9.17) is 9.73 Å². The Labute approximate surface area is 177 Å². The van der Waals surface area contributed by atoms with Crippen molar-refractivity contribution in [3.8, 4) is 5.75 Å². The van der Waals surface area contributed by atoms with Crippen LogP contribution in [-0.2, 0) is 19.5 Å². The van der Waals surface area contributed by atoms with Crippen LogP contribution in [0.1, 0.15) is 36.3 Å². The van der Waals surface area contributed by atoms with Crippen LogP contribution in [0.25, 0.3) is 0 Å². The van der Waals surface area contributed by atoms with Crippen LogP contribution in [0.4, 0.5) is 0 Å². The molecule has 7 nitrogen and oxygen atoms in total. The quantitative estimate of drug-likeness (QED) is 0.467. The van der Waals surface area contributed by atoms with Crippen LogP contribution in [0, 0.1) is 0 Å². The summed E-state index contributed by atoms with van der Waals surface area (Å²) in [5.41, 5.74) is 2.35. The lowest BCUT2D eigenvalue weighted by Gasteiger charge is -2.28. The second kappa shape index (κ2) is 9.91. The van der Waals surface area contributed by atoms with Gasteiger partial charge in [-0.3, -0.25) is 0 Å². The number of aliphatic imine (C=N–C) groups is 1. The van der Waals surface area contributed by atoms with E-state index in [1.165, 1.54) is 11.1 Å². The fourth-order valence-electron chi connectivity index (χ4n) is 3.60. The molecule has 2 aromatic carbocycles. The molecule has 1 unspecified atom stereocenters. The van der Waals surface area contributed by atoms with Crippen molar-refractivity contribution in [2.75, 3.05) is 13.2 Å². The number of hydrogen-bond acceptors (Lipinski definition) is 4. The van der Waals surface area contributed by atoms with E-state index in [1.54, 1.807) is 6.33 Å². The third-order valence-electron chi connectivity index (χ3n) is 5.19. The van der Waals surface area contributed by atoms with Gasteiger partial charge < -0.3 is 19.9 Å². The van der Waals surface area contributed by atoms with Crippen LogP contribution < -0.4 is 15.4 Å². The number of para-hydroxylation sites is 1. The molecular weight excluding hydrogens is 376 g/mol. The van der Waals surface area contributed by atoms with Crippen molar-refractivity contribution in [3.05, 3.63) is 77.9 Å². The molecule has 1 atom stereocenters. The topological polar surface area (TPSA) is 76.4 Å². The molecule has 0 saturated heterocycles. The summed E-state index contributed by atoms with van der Waals surface area (Å²) in [5, 5.41) is 15.3. The standard InChI is InChI=1S/C23H28N6O/c1-2-22-28-26-17-29(22)14-13-24-23(25-16-18-8-4-3-5-9-18)27-20-12-15-30-21-11-7-6-10-19(20)21/h3-11,17,20H,2,12-16H2,1H3,(H2,24,25,27). The lowest BCUT2D eigenvalue weighted by molar-refractivity contribution is 0.261. The van der Waals surface area contributed by atoms with Crippen molar-refractivity contribution < 1.29 is 4.74 Å². The molecule has 0 aliphatic carbocycles. The second-order valence-corrected chi connectivity index (χ2v) is 7.24. The minimum atomic E-state index is 0.165. The summed E-state index contributed by atoms with van der Waals surface area (Å²) in [6.45, 7) is 4.92. The number of rotatable bonds is 7. The molecule has 30 heavy (non-hydrogen) atoms. The number of nitrogens with one attached hydrogen (secondary N) is 2. The molecular formula is C23H28N6O. The molecule has 4 rings (SSSR count). The first kappa shape index (κ1) is 19.9. The minimum Gasteiger partial charge on any atom is -0.493 e. The van der Waals surface area contributed by atoms with E-state index < -0.39 is 0 Å². The normalized spacial score (nSPS) is 15.9. The SMILES string of the molecule is CCc1nncn1CCNC(=NCc1ccccc1)NC1CCOc2ccccc21. The largest absolute Gasteiger partial charge is 0.493 e. The van der Waals surface area contributed by atoms with Gasteiger partial charge in [0.1, 0.15) is 17.9 Å². The maximum Gasteiger partial charge on any atom is 0.192 e. The van der Waals surface area contributed by atoms with Crippen molar-refractivity contribution >= 4 is 5.96 Å². The summed E-state index contributed by atoms with van der Waals surface area (Å²) in [7, 11) is 0. The van der Waals surface area contributed by atoms with Crippen molar-refractivity contribution in [1.29, 1.82) is 0 Å².